The molecule has 0 aliphatic carbocycles. The van der Waals surface area contributed by atoms with Crippen molar-refractivity contribution in [3.05, 3.63) is 9.40 Å². The summed E-state index contributed by atoms with van der Waals surface area (Å²) in [6, 6.07) is 0. The molecule has 0 fully saturated rings. The molecular weight excluding hydrogens is 186 g/mol. The van der Waals surface area contributed by atoms with Gasteiger partial charge in [0.05, 0.1) is 9.07 Å². The molecule has 0 aromatic carbocycles. The van der Waals surface area contributed by atoms with E-state index in [1.165, 1.54) is 11.8 Å². The third kappa shape index (κ3) is 1.47. The zero-order valence-electron chi connectivity index (χ0n) is 3.83. The molecule has 8 heavy (non-hydrogen) atoms. The Morgan fingerprint density at radius 2 is 2.12 bits per heavy atom. The Labute approximate surface area is 67.2 Å². The summed E-state index contributed by atoms with van der Waals surface area (Å²) < 4.78 is 0.696. The maximum absolute atomic E-state index is 5.65. The number of thioether (sulfide) groups is 1. The van der Waals surface area contributed by atoms with Gasteiger partial charge in [-0.25, -0.2) is 0 Å². The second-order valence-electron chi connectivity index (χ2n) is 1.41. The highest BCUT2D eigenvalue weighted by Gasteiger charge is 2.19. The van der Waals surface area contributed by atoms with E-state index >= 15 is 0 Å². The molecule has 0 radical (unpaired) electrons. The van der Waals surface area contributed by atoms with Gasteiger partial charge in [0.1, 0.15) is 0 Å². The van der Waals surface area contributed by atoms with Crippen LogP contribution < -0.4 is 0 Å². The Morgan fingerprint density at radius 3 is 2.25 bits per heavy atom. The van der Waals surface area contributed by atoms with E-state index < -0.39 is 0 Å². The normalized spacial score (nSPS) is 29.6. The number of hydrogen-bond acceptors (Lipinski definition) is 1. The molecule has 0 bridgehead atoms. The molecule has 0 amide bonds. The van der Waals surface area contributed by atoms with Crippen molar-refractivity contribution in [2.45, 2.75) is 11.1 Å². The fraction of sp³-hybridized carbons (Fsp3) is 0.500. The van der Waals surface area contributed by atoms with Crippen molar-refractivity contribution in [3.8, 4) is 0 Å². The van der Waals surface area contributed by atoms with Crippen molar-refractivity contribution in [1.82, 2.24) is 0 Å². The predicted octanol–water partition coefficient (Wildman–Crippen LogP) is 3.33. The van der Waals surface area contributed by atoms with Crippen molar-refractivity contribution < 1.29 is 0 Å². The number of hydrogen-bond donors (Lipinski definition) is 0. The average molecular weight is 189 g/mol. The van der Waals surface area contributed by atoms with Crippen molar-refractivity contribution in [1.29, 1.82) is 0 Å². The maximum Gasteiger partial charge on any atom is 0.0895 e. The molecule has 1 atom stereocenters. The Morgan fingerprint density at radius 1 is 1.50 bits per heavy atom. The number of allylic oxidation sites excluding steroid dienone is 1. The van der Waals surface area contributed by atoms with E-state index in [1.54, 1.807) is 0 Å². The van der Waals surface area contributed by atoms with Gasteiger partial charge in [0.15, 0.2) is 0 Å². The van der Waals surface area contributed by atoms with Crippen molar-refractivity contribution in [3.63, 3.8) is 0 Å². The predicted molar refractivity (Wildman–Crippen MR) is 40.6 cm³/mol. The van der Waals surface area contributed by atoms with Gasteiger partial charge in [-0.15, -0.1) is 11.6 Å². The highest BCUT2D eigenvalue weighted by atomic mass is 35.5. The van der Waals surface area contributed by atoms with E-state index in [1.807, 2.05) is 0 Å². The molecule has 4 heteroatoms. The van der Waals surface area contributed by atoms with Crippen molar-refractivity contribution in [2.75, 3.05) is 0 Å². The van der Waals surface area contributed by atoms with Crippen LogP contribution in [0.15, 0.2) is 9.40 Å². The molecule has 0 N–H and O–H groups in total. The molecule has 0 spiro atoms. The van der Waals surface area contributed by atoms with E-state index in [0.29, 0.717) is 15.8 Å². The highest BCUT2D eigenvalue weighted by molar-refractivity contribution is 8.06. The van der Waals surface area contributed by atoms with Crippen LogP contribution in [0.2, 0.25) is 0 Å². The fourth-order valence-corrected chi connectivity index (χ4v) is 2.54. The molecule has 1 heterocycles. The topological polar surface area (TPSA) is 0 Å². The Balaban J connectivity index is 2.60. The maximum atomic E-state index is 5.65. The average Bonchev–Trinajstić information content (AvgIpc) is 1.85. The van der Waals surface area contributed by atoms with Crippen LogP contribution in [0.1, 0.15) is 6.42 Å². The van der Waals surface area contributed by atoms with Gasteiger partial charge in [-0.3, -0.25) is 0 Å². The lowest BCUT2D eigenvalue weighted by molar-refractivity contribution is 1.17. The van der Waals surface area contributed by atoms with E-state index in [0.717, 1.165) is 0 Å². The molecule has 0 aromatic heterocycles. The van der Waals surface area contributed by atoms with Gasteiger partial charge in [-0.2, -0.15) is 0 Å². The van der Waals surface area contributed by atoms with Crippen LogP contribution in [-0.4, -0.2) is 4.71 Å². The summed E-state index contributed by atoms with van der Waals surface area (Å²) in [6.07, 6.45) is 0.701. The Hall–Kier alpha value is 0.960. The SMILES string of the molecule is ClC1=C(Cl)SC(Cl)C1. The molecule has 0 aromatic rings. The van der Waals surface area contributed by atoms with Crippen LogP contribution in [0.5, 0.6) is 0 Å². The number of halogens is 3. The molecule has 0 nitrogen and oxygen atoms in total. The van der Waals surface area contributed by atoms with Crippen molar-refractivity contribution in [2.24, 2.45) is 0 Å². The summed E-state index contributed by atoms with van der Waals surface area (Å²) in [6.45, 7) is 0. The molecular formula is C4H3Cl3S. The van der Waals surface area contributed by atoms with Gasteiger partial charge < -0.3 is 0 Å². The minimum atomic E-state index is 0.0509. The Kier molecular flexibility index (Phi) is 2.38. The molecule has 1 aliphatic rings. The molecule has 0 saturated heterocycles. The zero-order chi connectivity index (χ0) is 6.15. The summed E-state index contributed by atoms with van der Waals surface area (Å²) in [4.78, 5) is 0. The molecule has 1 aliphatic heterocycles. The van der Waals surface area contributed by atoms with E-state index in [4.69, 9.17) is 34.8 Å². The lowest BCUT2D eigenvalue weighted by Crippen LogP contribution is -1.79. The lowest BCUT2D eigenvalue weighted by atomic mass is 10.5. The summed E-state index contributed by atoms with van der Waals surface area (Å²) in [7, 11) is 0. The van der Waals surface area contributed by atoms with Crippen LogP contribution in [0.4, 0.5) is 0 Å². The van der Waals surface area contributed by atoms with Gasteiger partial charge in [0, 0.05) is 11.5 Å². The third-order valence-corrected chi connectivity index (χ3v) is 3.13. The third-order valence-electron chi connectivity index (χ3n) is 0.784. The second-order valence-corrected chi connectivity index (χ2v) is 4.47. The minimum Gasteiger partial charge on any atom is -0.110 e. The molecule has 46 valence electrons. The van der Waals surface area contributed by atoms with E-state index in [-0.39, 0.29) is 4.71 Å². The first-order valence-corrected chi connectivity index (χ1v) is 4.12. The highest BCUT2D eigenvalue weighted by Crippen LogP contribution is 2.43. The van der Waals surface area contributed by atoms with Crippen LogP contribution in [-0.2, 0) is 0 Å². The fourth-order valence-electron chi connectivity index (χ4n) is 0.439. The van der Waals surface area contributed by atoms with Crippen molar-refractivity contribution >= 4 is 46.6 Å². The first-order valence-electron chi connectivity index (χ1n) is 2.05. The molecule has 1 rings (SSSR count). The van der Waals surface area contributed by atoms with Crippen LogP contribution in [0, 0.1) is 0 Å². The van der Waals surface area contributed by atoms with Crippen LogP contribution in [0.3, 0.4) is 0 Å². The van der Waals surface area contributed by atoms with Gasteiger partial charge in [-0.05, 0) is 0 Å². The van der Waals surface area contributed by atoms with E-state index in [9.17, 15) is 0 Å². The molecule has 0 saturated carbocycles. The van der Waals surface area contributed by atoms with Gasteiger partial charge in [0.25, 0.3) is 0 Å². The minimum absolute atomic E-state index is 0.0509. The number of alkyl halides is 1. The van der Waals surface area contributed by atoms with E-state index in [2.05, 4.69) is 0 Å². The monoisotopic (exact) mass is 188 g/mol. The second kappa shape index (κ2) is 2.70. The standard InChI is InChI=1S/C4H3Cl3S/c5-2-1-3(6)8-4(2)7/h3H,1H2. The Bertz CT molecular complexity index is 117. The smallest absolute Gasteiger partial charge is 0.0895 e. The summed E-state index contributed by atoms with van der Waals surface area (Å²) >= 11 is 18.2. The largest absolute Gasteiger partial charge is 0.110 e. The summed E-state index contributed by atoms with van der Waals surface area (Å²) in [5.41, 5.74) is 0. The van der Waals surface area contributed by atoms with Gasteiger partial charge in [-0.1, -0.05) is 35.0 Å². The zero-order valence-corrected chi connectivity index (χ0v) is 6.91. The van der Waals surface area contributed by atoms with Gasteiger partial charge in [0.2, 0.25) is 0 Å². The summed E-state index contributed by atoms with van der Waals surface area (Å²) in [5, 5.41) is 0.691. The first-order chi connectivity index (χ1) is 3.70. The quantitative estimate of drug-likeness (QED) is 0.527. The lowest BCUT2D eigenvalue weighted by Gasteiger charge is -1.90. The van der Waals surface area contributed by atoms with Crippen LogP contribution >= 0.6 is 46.6 Å². The molecule has 1 unspecified atom stereocenters. The number of rotatable bonds is 0. The van der Waals surface area contributed by atoms with Crippen LogP contribution in [0.25, 0.3) is 0 Å². The first kappa shape index (κ1) is 7.07. The van der Waals surface area contributed by atoms with Gasteiger partial charge >= 0.3 is 0 Å². The summed E-state index contributed by atoms with van der Waals surface area (Å²) in [5.74, 6) is 0.